The summed E-state index contributed by atoms with van der Waals surface area (Å²) >= 11 is 3.20. The monoisotopic (exact) mass is 284 g/mol. The number of halogens is 1. The Morgan fingerprint density at radius 2 is 2.44 bits per heavy atom. The van der Waals surface area contributed by atoms with Gasteiger partial charge in [-0.15, -0.1) is 0 Å². The van der Waals surface area contributed by atoms with Gasteiger partial charge in [0.1, 0.15) is 5.76 Å². The van der Waals surface area contributed by atoms with Gasteiger partial charge in [0.25, 0.3) is 5.91 Å². The van der Waals surface area contributed by atoms with Crippen LogP contribution in [0.25, 0.3) is 0 Å². The lowest BCUT2D eigenvalue weighted by Crippen LogP contribution is -2.26. The van der Waals surface area contributed by atoms with E-state index in [-0.39, 0.29) is 11.6 Å². The van der Waals surface area contributed by atoms with Crippen LogP contribution < -0.4 is 0 Å². The Morgan fingerprint density at radius 1 is 1.62 bits per heavy atom. The van der Waals surface area contributed by atoms with Crippen molar-refractivity contribution in [2.45, 2.75) is 6.54 Å². The fourth-order valence-electron chi connectivity index (χ4n) is 1.24. The SMILES string of the molecule is CN(Cc1ccc(Br)o1)C(=O)c1cn[nH]n1. The minimum atomic E-state index is -0.207. The number of furan rings is 1. The Bertz CT molecular complexity index is 479. The maximum Gasteiger partial charge on any atom is 0.276 e. The number of aromatic nitrogens is 3. The maximum absolute atomic E-state index is 11.8. The standard InChI is InChI=1S/C9H9BrN4O2/c1-14(5-6-2-3-8(10)16-6)9(15)7-4-11-13-12-7/h2-4H,5H2,1H3,(H,11,12,13). The first-order valence-electron chi connectivity index (χ1n) is 4.52. The fourth-order valence-corrected chi connectivity index (χ4v) is 1.58. The van der Waals surface area contributed by atoms with Crippen LogP contribution in [0.15, 0.2) is 27.4 Å². The van der Waals surface area contributed by atoms with Gasteiger partial charge in [0, 0.05) is 7.05 Å². The van der Waals surface area contributed by atoms with Crippen LogP contribution in [-0.4, -0.2) is 33.3 Å². The first-order chi connectivity index (χ1) is 7.66. The Hall–Kier alpha value is -1.63. The number of hydrogen-bond donors (Lipinski definition) is 1. The van der Waals surface area contributed by atoms with Crippen LogP contribution in [0.1, 0.15) is 16.2 Å². The highest BCUT2D eigenvalue weighted by atomic mass is 79.9. The van der Waals surface area contributed by atoms with Crippen molar-refractivity contribution in [3.63, 3.8) is 0 Å². The molecule has 0 saturated heterocycles. The van der Waals surface area contributed by atoms with E-state index in [9.17, 15) is 4.79 Å². The topological polar surface area (TPSA) is 75.0 Å². The zero-order valence-electron chi connectivity index (χ0n) is 8.48. The van der Waals surface area contributed by atoms with E-state index in [0.717, 1.165) is 0 Å². The van der Waals surface area contributed by atoms with Gasteiger partial charge in [0.15, 0.2) is 10.4 Å². The Balaban J connectivity index is 2.03. The van der Waals surface area contributed by atoms with Crippen LogP contribution in [0.3, 0.4) is 0 Å². The largest absolute Gasteiger partial charge is 0.452 e. The molecule has 0 aliphatic rings. The summed E-state index contributed by atoms with van der Waals surface area (Å²) in [6, 6.07) is 3.58. The average molecular weight is 285 g/mol. The molecule has 2 aromatic rings. The number of nitrogens with one attached hydrogen (secondary N) is 1. The number of aromatic amines is 1. The number of amides is 1. The van der Waals surface area contributed by atoms with E-state index in [1.807, 2.05) is 0 Å². The smallest absolute Gasteiger partial charge is 0.276 e. The number of carbonyl (C=O) groups is 1. The summed E-state index contributed by atoms with van der Waals surface area (Å²) in [5.74, 6) is 0.493. The third-order valence-corrected chi connectivity index (χ3v) is 2.43. The van der Waals surface area contributed by atoms with Gasteiger partial charge < -0.3 is 9.32 Å². The van der Waals surface area contributed by atoms with Crippen molar-refractivity contribution in [1.82, 2.24) is 20.3 Å². The second-order valence-electron chi connectivity index (χ2n) is 3.22. The number of H-pyrrole nitrogens is 1. The van der Waals surface area contributed by atoms with Gasteiger partial charge in [0.2, 0.25) is 0 Å². The molecule has 0 spiro atoms. The number of hydrogen-bond acceptors (Lipinski definition) is 4. The molecule has 0 aromatic carbocycles. The Labute approximate surface area is 99.8 Å². The molecular formula is C9H9BrN4O2. The van der Waals surface area contributed by atoms with Crippen LogP contribution in [-0.2, 0) is 6.54 Å². The van der Waals surface area contributed by atoms with Gasteiger partial charge >= 0.3 is 0 Å². The molecular weight excluding hydrogens is 276 g/mol. The zero-order valence-corrected chi connectivity index (χ0v) is 10.1. The first kappa shape index (κ1) is 10.9. The van der Waals surface area contributed by atoms with E-state index >= 15 is 0 Å². The molecule has 0 fully saturated rings. The van der Waals surface area contributed by atoms with E-state index in [4.69, 9.17) is 4.42 Å². The predicted octanol–water partition coefficient (Wildman–Crippen LogP) is 1.43. The Kier molecular flexibility index (Phi) is 3.04. The van der Waals surface area contributed by atoms with Crippen LogP contribution in [0.2, 0.25) is 0 Å². The minimum Gasteiger partial charge on any atom is -0.452 e. The van der Waals surface area contributed by atoms with E-state index in [1.165, 1.54) is 11.1 Å². The molecule has 0 saturated carbocycles. The summed E-state index contributed by atoms with van der Waals surface area (Å²) in [5.41, 5.74) is 0.285. The van der Waals surface area contributed by atoms with Crippen LogP contribution >= 0.6 is 15.9 Å². The van der Waals surface area contributed by atoms with Crippen LogP contribution in [0, 0.1) is 0 Å². The average Bonchev–Trinajstić information content (AvgIpc) is 2.88. The molecule has 1 N–H and O–H groups in total. The van der Waals surface area contributed by atoms with Crippen molar-refractivity contribution in [2.75, 3.05) is 7.05 Å². The summed E-state index contributed by atoms with van der Waals surface area (Å²) in [6.07, 6.45) is 1.39. The highest BCUT2D eigenvalue weighted by molar-refractivity contribution is 9.10. The molecule has 0 atom stereocenters. The molecule has 1 amide bonds. The lowest BCUT2D eigenvalue weighted by Gasteiger charge is -2.13. The zero-order chi connectivity index (χ0) is 11.5. The van der Waals surface area contributed by atoms with Gasteiger partial charge in [-0.1, -0.05) is 0 Å². The summed E-state index contributed by atoms with van der Waals surface area (Å²) in [5, 5.41) is 9.69. The van der Waals surface area contributed by atoms with E-state index in [2.05, 4.69) is 31.3 Å². The van der Waals surface area contributed by atoms with Gasteiger partial charge in [0.05, 0.1) is 12.7 Å². The second-order valence-corrected chi connectivity index (χ2v) is 4.00. The third kappa shape index (κ3) is 2.30. The van der Waals surface area contributed by atoms with E-state index in [1.54, 1.807) is 19.2 Å². The van der Waals surface area contributed by atoms with Gasteiger partial charge in [-0.05, 0) is 28.1 Å². The lowest BCUT2D eigenvalue weighted by atomic mass is 10.3. The summed E-state index contributed by atoms with van der Waals surface area (Å²) in [4.78, 5) is 13.3. The van der Waals surface area contributed by atoms with Crippen molar-refractivity contribution >= 4 is 21.8 Å². The molecule has 2 rings (SSSR count). The fraction of sp³-hybridized carbons (Fsp3) is 0.222. The van der Waals surface area contributed by atoms with Crippen molar-refractivity contribution in [1.29, 1.82) is 0 Å². The summed E-state index contributed by atoms with van der Waals surface area (Å²) in [6.45, 7) is 0.386. The molecule has 0 aliphatic carbocycles. The van der Waals surface area contributed by atoms with Crippen molar-refractivity contribution < 1.29 is 9.21 Å². The van der Waals surface area contributed by atoms with E-state index < -0.39 is 0 Å². The highest BCUT2D eigenvalue weighted by Crippen LogP contribution is 2.15. The van der Waals surface area contributed by atoms with Crippen molar-refractivity contribution in [2.24, 2.45) is 0 Å². The molecule has 0 aliphatic heterocycles. The maximum atomic E-state index is 11.8. The second kappa shape index (κ2) is 4.48. The number of nitrogens with zero attached hydrogens (tertiary/aromatic N) is 3. The van der Waals surface area contributed by atoms with Crippen molar-refractivity contribution in [3.05, 3.63) is 34.5 Å². The Morgan fingerprint density at radius 3 is 3.00 bits per heavy atom. The molecule has 16 heavy (non-hydrogen) atoms. The molecule has 7 heteroatoms. The molecule has 6 nitrogen and oxygen atoms in total. The first-order valence-corrected chi connectivity index (χ1v) is 5.31. The molecule has 0 unspecified atom stereocenters. The van der Waals surface area contributed by atoms with Crippen LogP contribution in [0.4, 0.5) is 0 Å². The molecule has 84 valence electrons. The quantitative estimate of drug-likeness (QED) is 0.925. The minimum absolute atomic E-state index is 0.207. The van der Waals surface area contributed by atoms with Gasteiger partial charge in [-0.3, -0.25) is 4.79 Å². The normalized spacial score (nSPS) is 10.4. The highest BCUT2D eigenvalue weighted by Gasteiger charge is 2.15. The molecule has 2 heterocycles. The molecule has 0 bridgehead atoms. The predicted molar refractivity (Wildman–Crippen MR) is 58.6 cm³/mol. The number of rotatable bonds is 3. The lowest BCUT2D eigenvalue weighted by molar-refractivity contribution is 0.0769. The number of carbonyl (C=O) groups excluding carboxylic acids is 1. The summed E-state index contributed by atoms with van der Waals surface area (Å²) in [7, 11) is 1.67. The van der Waals surface area contributed by atoms with E-state index in [0.29, 0.717) is 17.0 Å². The third-order valence-electron chi connectivity index (χ3n) is 2.00. The summed E-state index contributed by atoms with van der Waals surface area (Å²) < 4.78 is 5.94. The van der Waals surface area contributed by atoms with Gasteiger partial charge in [-0.25, -0.2) is 0 Å². The molecule has 0 radical (unpaired) electrons. The van der Waals surface area contributed by atoms with Crippen molar-refractivity contribution in [3.8, 4) is 0 Å². The molecule has 2 aromatic heterocycles. The van der Waals surface area contributed by atoms with Crippen LogP contribution in [0.5, 0.6) is 0 Å². The van der Waals surface area contributed by atoms with Gasteiger partial charge in [-0.2, -0.15) is 15.4 Å².